The topological polar surface area (TPSA) is 26.3 Å². The van der Waals surface area contributed by atoms with E-state index in [0.29, 0.717) is 6.61 Å². The van der Waals surface area contributed by atoms with E-state index in [9.17, 15) is 4.79 Å². The van der Waals surface area contributed by atoms with E-state index in [1.807, 2.05) is 44.2 Å². The standard InChI is InChI=1S/C12H16O2/c1-12(2,10-13)8-9-14-11-6-4-3-5-7-11/h3-7,10H,8-9H2,1-2H3. The number of aldehydes is 1. The number of carbonyl (C=O) groups is 1. The Morgan fingerprint density at radius 3 is 2.50 bits per heavy atom. The molecule has 14 heavy (non-hydrogen) atoms. The van der Waals surface area contributed by atoms with Crippen LogP contribution in [0.2, 0.25) is 0 Å². The van der Waals surface area contributed by atoms with Crippen LogP contribution < -0.4 is 4.74 Å². The lowest BCUT2D eigenvalue weighted by Crippen LogP contribution is -2.16. The SMILES string of the molecule is CC(C)(C=O)CCOc1ccccc1. The number of carbonyl (C=O) groups excluding carboxylic acids is 1. The van der Waals surface area contributed by atoms with Crippen molar-refractivity contribution in [3.8, 4) is 5.75 Å². The van der Waals surface area contributed by atoms with Crippen LogP contribution in [0.3, 0.4) is 0 Å². The maximum Gasteiger partial charge on any atom is 0.125 e. The van der Waals surface area contributed by atoms with Crippen LogP contribution in [0.15, 0.2) is 30.3 Å². The van der Waals surface area contributed by atoms with Gasteiger partial charge in [-0.2, -0.15) is 0 Å². The first kappa shape index (κ1) is 10.8. The summed E-state index contributed by atoms with van der Waals surface area (Å²) in [5.74, 6) is 0.856. The maximum absolute atomic E-state index is 10.6. The quantitative estimate of drug-likeness (QED) is 0.670. The van der Waals surface area contributed by atoms with Gasteiger partial charge in [0.1, 0.15) is 12.0 Å². The Bertz CT molecular complexity index is 278. The number of ether oxygens (including phenoxy) is 1. The molecule has 0 radical (unpaired) electrons. The fourth-order valence-electron chi connectivity index (χ4n) is 1.01. The van der Waals surface area contributed by atoms with E-state index >= 15 is 0 Å². The summed E-state index contributed by atoms with van der Waals surface area (Å²) in [6.45, 7) is 4.40. The van der Waals surface area contributed by atoms with E-state index in [1.54, 1.807) is 0 Å². The molecule has 1 aromatic carbocycles. The Hall–Kier alpha value is -1.31. The van der Waals surface area contributed by atoms with Crippen LogP contribution in [0.4, 0.5) is 0 Å². The molecule has 0 unspecified atom stereocenters. The zero-order valence-corrected chi connectivity index (χ0v) is 8.69. The third kappa shape index (κ3) is 3.60. The molecule has 0 aliphatic rings. The molecule has 0 saturated heterocycles. The van der Waals surface area contributed by atoms with Gasteiger partial charge in [0.25, 0.3) is 0 Å². The molecule has 0 fully saturated rings. The predicted molar refractivity (Wildman–Crippen MR) is 56.4 cm³/mol. The van der Waals surface area contributed by atoms with E-state index < -0.39 is 0 Å². The highest BCUT2D eigenvalue weighted by Gasteiger charge is 2.15. The normalized spacial score (nSPS) is 11.0. The molecule has 0 heterocycles. The first-order valence-corrected chi connectivity index (χ1v) is 4.78. The lowest BCUT2D eigenvalue weighted by molar-refractivity contribution is -0.115. The molecule has 76 valence electrons. The van der Waals surface area contributed by atoms with Gasteiger partial charge in [-0.1, -0.05) is 32.0 Å². The Kier molecular flexibility index (Phi) is 3.69. The van der Waals surface area contributed by atoms with Gasteiger partial charge in [-0.3, -0.25) is 0 Å². The van der Waals surface area contributed by atoms with Gasteiger partial charge >= 0.3 is 0 Å². The van der Waals surface area contributed by atoms with Crippen LogP contribution >= 0.6 is 0 Å². The number of para-hydroxylation sites is 1. The molecule has 2 heteroatoms. The lowest BCUT2D eigenvalue weighted by Gasteiger charge is -2.16. The Balaban J connectivity index is 2.32. The van der Waals surface area contributed by atoms with Crippen LogP contribution in [0.5, 0.6) is 5.75 Å². The molecule has 0 bridgehead atoms. The molecule has 0 aliphatic carbocycles. The van der Waals surface area contributed by atoms with Gasteiger partial charge in [-0.25, -0.2) is 0 Å². The van der Waals surface area contributed by atoms with Gasteiger partial charge in [0.15, 0.2) is 0 Å². The first-order chi connectivity index (χ1) is 6.64. The molecule has 0 N–H and O–H groups in total. The molecule has 0 amide bonds. The zero-order valence-electron chi connectivity index (χ0n) is 8.69. The molecule has 0 spiro atoms. The van der Waals surface area contributed by atoms with Gasteiger partial charge in [0.05, 0.1) is 6.61 Å². The van der Waals surface area contributed by atoms with E-state index in [0.717, 1.165) is 18.5 Å². The highest BCUT2D eigenvalue weighted by molar-refractivity contribution is 5.57. The highest BCUT2D eigenvalue weighted by Crippen LogP contribution is 2.17. The van der Waals surface area contributed by atoms with Gasteiger partial charge in [-0.15, -0.1) is 0 Å². The number of hydrogen-bond donors (Lipinski definition) is 0. The largest absolute Gasteiger partial charge is 0.494 e. The summed E-state index contributed by atoms with van der Waals surface area (Å²) >= 11 is 0. The minimum Gasteiger partial charge on any atom is -0.494 e. The van der Waals surface area contributed by atoms with Crippen molar-refractivity contribution in [1.29, 1.82) is 0 Å². The average molecular weight is 192 g/mol. The first-order valence-electron chi connectivity index (χ1n) is 4.78. The van der Waals surface area contributed by atoms with Crippen LogP contribution in [0.1, 0.15) is 20.3 Å². The van der Waals surface area contributed by atoms with Crippen molar-refractivity contribution in [3.05, 3.63) is 30.3 Å². The summed E-state index contributed by atoms with van der Waals surface area (Å²) in [4.78, 5) is 10.6. The molecular formula is C12H16O2. The van der Waals surface area contributed by atoms with Crippen LogP contribution in [-0.2, 0) is 4.79 Å². The third-order valence-corrected chi connectivity index (χ3v) is 2.08. The van der Waals surface area contributed by atoms with E-state index in [2.05, 4.69) is 0 Å². The molecule has 0 atom stereocenters. The van der Waals surface area contributed by atoms with Crippen LogP contribution in [-0.4, -0.2) is 12.9 Å². The zero-order chi connectivity index (χ0) is 10.4. The molecule has 0 aliphatic heterocycles. The van der Waals surface area contributed by atoms with Crippen molar-refractivity contribution in [2.75, 3.05) is 6.61 Å². The van der Waals surface area contributed by atoms with Gasteiger partial charge in [0.2, 0.25) is 0 Å². The van der Waals surface area contributed by atoms with Gasteiger partial charge in [0, 0.05) is 5.41 Å². The summed E-state index contributed by atoms with van der Waals surface area (Å²) in [7, 11) is 0. The minimum atomic E-state index is -0.283. The van der Waals surface area contributed by atoms with Crippen molar-refractivity contribution in [2.45, 2.75) is 20.3 Å². The molecule has 1 aromatic rings. The summed E-state index contributed by atoms with van der Waals surface area (Å²) in [5, 5.41) is 0. The number of benzene rings is 1. The van der Waals surface area contributed by atoms with Crippen molar-refractivity contribution >= 4 is 6.29 Å². The molecule has 0 aromatic heterocycles. The fraction of sp³-hybridized carbons (Fsp3) is 0.417. The summed E-state index contributed by atoms with van der Waals surface area (Å²) in [5.41, 5.74) is -0.283. The van der Waals surface area contributed by atoms with Crippen molar-refractivity contribution in [1.82, 2.24) is 0 Å². The second-order valence-electron chi connectivity index (χ2n) is 4.02. The fourth-order valence-corrected chi connectivity index (χ4v) is 1.01. The molecule has 0 saturated carbocycles. The summed E-state index contributed by atoms with van der Waals surface area (Å²) in [6, 6.07) is 9.63. The third-order valence-electron chi connectivity index (χ3n) is 2.08. The van der Waals surface area contributed by atoms with Crippen molar-refractivity contribution in [3.63, 3.8) is 0 Å². The summed E-state index contributed by atoms with van der Waals surface area (Å²) < 4.78 is 5.48. The van der Waals surface area contributed by atoms with Crippen molar-refractivity contribution < 1.29 is 9.53 Å². The lowest BCUT2D eigenvalue weighted by atomic mass is 9.92. The van der Waals surface area contributed by atoms with Gasteiger partial charge in [-0.05, 0) is 18.6 Å². The molecule has 1 rings (SSSR count). The Morgan fingerprint density at radius 1 is 1.29 bits per heavy atom. The summed E-state index contributed by atoms with van der Waals surface area (Å²) in [6.07, 6.45) is 1.72. The predicted octanol–water partition coefficient (Wildman–Crippen LogP) is 2.68. The second-order valence-corrected chi connectivity index (χ2v) is 4.02. The Labute approximate surface area is 84.9 Å². The van der Waals surface area contributed by atoms with E-state index in [1.165, 1.54) is 0 Å². The second kappa shape index (κ2) is 4.80. The molecular weight excluding hydrogens is 176 g/mol. The smallest absolute Gasteiger partial charge is 0.125 e. The van der Waals surface area contributed by atoms with Crippen LogP contribution in [0.25, 0.3) is 0 Å². The minimum absolute atomic E-state index is 0.283. The van der Waals surface area contributed by atoms with Crippen LogP contribution in [0, 0.1) is 5.41 Å². The number of hydrogen-bond acceptors (Lipinski definition) is 2. The van der Waals surface area contributed by atoms with E-state index in [4.69, 9.17) is 4.74 Å². The highest BCUT2D eigenvalue weighted by atomic mass is 16.5. The number of rotatable bonds is 5. The molecule has 2 nitrogen and oxygen atoms in total. The van der Waals surface area contributed by atoms with E-state index in [-0.39, 0.29) is 5.41 Å². The Morgan fingerprint density at radius 2 is 1.93 bits per heavy atom. The maximum atomic E-state index is 10.6. The monoisotopic (exact) mass is 192 g/mol. The average Bonchev–Trinajstić information content (AvgIpc) is 2.19. The van der Waals surface area contributed by atoms with Gasteiger partial charge < -0.3 is 9.53 Å². The van der Waals surface area contributed by atoms with Crippen molar-refractivity contribution in [2.24, 2.45) is 5.41 Å².